The van der Waals surface area contributed by atoms with Gasteiger partial charge in [-0.2, -0.15) is 15.1 Å². The highest BCUT2D eigenvalue weighted by Crippen LogP contribution is 2.32. The van der Waals surface area contributed by atoms with Gasteiger partial charge in [-0.05, 0) is 68.5 Å². The van der Waals surface area contributed by atoms with Crippen molar-refractivity contribution in [1.82, 2.24) is 25.1 Å². The molecule has 0 spiro atoms. The van der Waals surface area contributed by atoms with E-state index in [1.165, 1.54) is 30.4 Å². The van der Waals surface area contributed by atoms with Crippen molar-refractivity contribution in [2.75, 3.05) is 38.2 Å². The van der Waals surface area contributed by atoms with Gasteiger partial charge >= 0.3 is 6.01 Å². The van der Waals surface area contributed by atoms with E-state index in [2.05, 4.69) is 44.3 Å². The first-order chi connectivity index (χ1) is 13.7. The Kier molecular flexibility index (Phi) is 4.39. The lowest BCUT2D eigenvalue weighted by atomic mass is 9.87. The van der Waals surface area contributed by atoms with Crippen LogP contribution in [0.3, 0.4) is 0 Å². The van der Waals surface area contributed by atoms with Gasteiger partial charge in [-0.15, -0.1) is 0 Å². The number of nitrogens with one attached hydrogen (secondary N) is 1. The van der Waals surface area contributed by atoms with E-state index in [9.17, 15) is 0 Å². The zero-order valence-corrected chi connectivity index (χ0v) is 16.5. The lowest BCUT2D eigenvalue weighted by Gasteiger charge is -2.32. The molecule has 3 aromatic rings. The second-order valence-corrected chi connectivity index (χ2v) is 7.76. The van der Waals surface area contributed by atoms with E-state index < -0.39 is 0 Å². The molecule has 2 aromatic heterocycles. The van der Waals surface area contributed by atoms with Crippen LogP contribution in [-0.4, -0.2) is 53.0 Å². The number of benzene rings is 1. The Balaban J connectivity index is 1.61. The van der Waals surface area contributed by atoms with Gasteiger partial charge < -0.3 is 15.0 Å². The molecule has 5 rings (SSSR count). The average molecular weight is 378 g/mol. The van der Waals surface area contributed by atoms with E-state index in [1.807, 2.05) is 16.9 Å². The molecule has 1 aromatic carbocycles. The van der Waals surface area contributed by atoms with Gasteiger partial charge in [0.1, 0.15) is 5.82 Å². The molecular weight excluding hydrogens is 352 g/mol. The lowest BCUT2D eigenvalue weighted by molar-refractivity contribution is 0.378. The van der Waals surface area contributed by atoms with Crippen LogP contribution in [-0.2, 0) is 0 Å². The van der Waals surface area contributed by atoms with Gasteiger partial charge in [0.25, 0.3) is 0 Å². The average Bonchev–Trinajstić information content (AvgIpc) is 3.09. The van der Waals surface area contributed by atoms with Crippen molar-refractivity contribution < 1.29 is 4.74 Å². The molecule has 0 amide bonds. The molecule has 28 heavy (non-hydrogen) atoms. The van der Waals surface area contributed by atoms with Crippen LogP contribution < -0.4 is 15.0 Å². The van der Waals surface area contributed by atoms with E-state index in [1.54, 1.807) is 7.11 Å². The first-order valence-corrected chi connectivity index (χ1v) is 10.1. The number of nitrogens with zero attached hydrogens (tertiary/aromatic N) is 5. The lowest BCUT2D eigenvalue weighted by Crippen LogP contribution is -2.37. The summed E-state index contributed by atoms with van der Waals surface area (Å²) in [6.45, 7) is 6.44. The van der Waals surface area contributed by atoms with Crippen molar-refractivity contribution in [1.29, 1.82) is 0 Å². The fourth-order valence-corrected chi connectivity index (χ4v) is 4.27. The molecule has 0 saturated carbocycles. The Morgan fingerprint density at radius 1 is 1.07 bits per heavy atom. The number of aromatic nitrogens is 4. The molecule has 0 unspecified atom stereocenters. The van der Waals surface area contributed by atoms with Crippen LogP contribution in [0.1, 0.15) is 36.3 Å². The van der Waals surface area contributed by atoms with Crippen LogP contribution in [0.2, 0.25) is 0 Å². The SMILES string of the molecule is COc1nc(N2CCC2)cc(-n2ncc3cc(C)c(C4CCNCC4)cc32)n1. The first kappa shape index (κ1) is 17.4. The Morgan fingerprint density at radius 2 is 1.86 bits per heavy atom. The van der Waals surface area contributed by atoms with Crippen LogP contribution >= 0.6 is 0 Å². The number of fused-ring (bicyclic) bond motifs is 1. The number of rotatable bonds is 4. The van der Waals surface area contributed by atoms with E-state index in [0.29, 0.717) is 11.9 Å². The van der Waals surface area contributed by atoms with Crippen LogP contribution in [0.15, 0.2) is 24.4 Å². The minimum Gasteiger partial charge on any atom is -0.467 e. The predicted octanol–water partition coefficient (Wildman–Crippen LogP) is 2.81. The number of anilines is 1. The zero-order valence-electron chi connectivity index (χ0n) is 16.5. The van der Waals surface area contributed by atoms with Crippen LogP contribution in [0.5, 0.6) is 6.01 Å². The number of ether oxygens (including phenoxy) is 1. The third-order valence-corrected chi connectivity index (χ3v) is 5.99. The topological polar surface area (TPSA) is 68.1 Å². The normalized spacial score (nSPS) is 17.7. The first-order valence-electron chi connectivity index (χ1n) is 10.1. The number of hydrogen-bond donors (Lipinski definition) is 1. The molecule has 0 atom stereocenters. The van der Waals surface area contributed by atoms with E-state index >= 15 is 0 Å². The molecule has 0 aliphatic carbocycles. The summed E-state index contributed by atoms with van der Waals surface area (Å²) >= 11 is 0. The van der Waals surface area contributed by atoms with Crippen molar-refractivity contribution in [2.24, 2.45) is 0 Å². The molecule has 7 heteroatoms. The smallest absolute Gasteiger partial charge is 0.320 e. The Hall–Kier alpha value is -2.67. The van der Waals surface area contributed by atoms with Gasteiger partial charge in [-0.3, -0.25) is 0 Å². The predicted molar refractivity (Wildman–Crippen MR) is 110 cm³/mol. The molecule has 1 N–H and O–H groups in total. The zero-order chi connectivity index (χ0) is 19.1. The van der Waals surface area contributed by atoms with Gasteiger partial charge in [-0.1, -0.05) is 0 Å². The van der Waals surface area contributed by atoms with E-state index in [4.69, 9.17) is 4.74 Å². The fourth-order valence-electron chi connectivity index (χ4n) is 4.27. The summed E-state index contributed by atoms with van der Waals surface area (Å²) in [6, 6.07) is 6.96. The molecule has 2 fully saturated rings. The highest BCUT2D eigenvalue weighted by molar-refractivity contribution is 5.82. The van der Waals surface area contributed by atoms with Crippen molar-refractivity contribution in [3.05, 3.63) is 35.5 Å². The minimum atomic E-state index is 0.383. The number of hydrogen-bond acceptors (Lipinski definition) is 6. The van der Waals surface area contributed by atoms with Crippen molar-refractivity contribution >= 4 is 16.7 Å². The molecule has 7 nitrogen and oxygen atoms in total. The van der Waals surface area contributed by atoms with Crippen molar-refractivity contribution in [3.8, 4) is 11.8 Å². The highest BCUT2D eigenvalue weighted by atomic mass is 16.5. The Bertz CT molecular complexity index is 1000. The summed E-state index contributed by atoms with van der Waals surface area (Å²) in [7, 11) is 1.61. The monoisotopic (exact) mass is 378 g/mol. The number of methoxy groups -OCH3 is 1. The van der Waals surface area contributed by atoms with Crippen molar-refractivity contribution in [2.45, 2.75) is 32.1 Å². The highest BCUT2D eigenvalue weighted by Gasteiger charge is 2.21. The summed E-state index contributed by atoms with van der Waals surface area (Å²) in [5.41, 5.74) is 3.87. The molecule has 4 heterocycles. The molecule has 0 bridgehead atoms. The maximum atomic E-state index is 5.37. The van der Waals surface area contributed by atoms with Crippen LogP contribution in [0, 0.1) is 6.92 Å². The Morgan fingerprint density at radius 3 is 2.57 bits per heavy atom. The van der Waals surface area contributed by atoms with Gasteiger partial charge in [-0.25, -0.2) is 4.68 Å². The van der Waals surface area contributed by atoms with Crippen LogP contribution in [0.25, 0.3) is 16.7 Å². The number of piperidine rings is 1. The summed E-state index contributed by atoms with van der Waals surface area (Å²) in [5, 5.41) is 9.25. The standard InChI is InChI=1S/C21H26N6O/c1-14-10-16-13-23-27(18(16)11-17(14)15-4-6-22-7-5-15)20-12-19(26-8-3-9-26)24-21(25-20)28-2/h10-13,15,22H,3-9H2,1-2H3. The summed E-state index contributed by atoms with van der Waals surface area (Å²) in [6.07, 6.45) is 5.49. The van der Waals surface area contributed by atoms with Crippen molar-refractivity contribution in [3.63, 3.8) is 0 Å². The summed E-state index contributed by atoms with van der Waals surface area (Å²) in [5.74, 6) is 2.26. The van der Waals surface area contributed by atoms with E-state index in [-0.39, 0.29) is 0 Å². The second kappa shape index (κ2) is 7.05. The van der Waals surface area contributed by atoms with Gasteiger partial charge in [0, 0.05) is 24.5 Å². The minimum absolute atomic E-state index is 0.383. The summed E-state index contributed by atoms with van der Waals surface area (Å²) in [4.78, 5) is 11.3. The quantitative estimate of drug-likeness (QED) is 0.753. The van der Waals surface area contributed by atoms with Crippen LogP contribution in [0.4, 0.5) is 5.82 Å². The van der Waals surface area contributed by atoms with Gasteiger partial charge in [0.15, 0.2) is 5.82 Å². The third-order valence-electron chi connectivity index (χ3n) is 5.99. The van der Waals surface area contributed by atoms with E-state index in [0.717, 1.165) is 48.7 Å². The third kappa shape index (κ3) is 2.99. The summed E-state index contributed by atoms with van der Waals surface area (Å²) < 4.78 is 7.29. The maximum absolute atomic E-state index is 5.37. The molecular formula is C21H26N6O. The molecule has 2 aliphatic rings. The van der Waals surface area contributed by atoms with Gasteiger partial charge in [0.05, 0.1) is 18.8 Å². The number of aryl methyl sites for hydroxylation is 1. The Labute approximate surface area is 164 Å². The largest absolute Gasteiger partial charge is 0.467 e. The molecule has 2 aliphatic heterocycles. The maximum Gasteiger partial charge on any atom is 0.320 e. The molecule has 0 radical (unpaired) electrons. The second-order valence-electron chi connectivity index (χ2n) is 7.76. The fraction of sp³-hybridized carbons (Fsp3) is 0.476. The van der Waals surface area contributed by atoms with Gasteiger partial charge in [0.2, 0.25) is 0 Å². The molecule has 146 valence electrons. The molecule has 2 saturated heterocycles.